The van der Waals surface area contributed by atoms with Crippen LogP contribution in [0.5, 0.6) is 0 Å². The minimum absolute atomic E-state index is 0.0105. The molecule has 0 aliphatic heterocycles. The van der Waals surface area contributed by atoms with Crippen molar-refractivity contribution in [1.82, 2.24) is 4.98 Å². The Morgan fingerprint density at radius 1 is 1.15 bits per heavy atom. The average molecular weight is 291 g/mol. The van der Waals surface area contributed by atoms with Crippen LogP contribution in [0.15, 0.2) is 59.8 Å². The first-order valence-electron chi connectivity index (χ1n) is 5.92. The fourth-order valence-corrected chi connectivity index (χ4v) is 3.38. The van der Waals surface area contributed by atoms with Gasteiger partial charge in [0.25, 0.3) is 0 Å². The van der Waals surface area contributed by atoms with Crippen molar-refractivity contribution in [2.45, 2.75) is 16.6 Å². The van der Waals surface area contributed by atoms with E-state index in [1.807, 2.05) is 0 Å². The second-order valence-corrected chi connectivity index (χ2v) is 6.38. The van der Waals surface area contributed by atoms with E-state index < -0.39 is 21.1 Å². The van der Waals surface area contributed by atoms with E-state index in [1.165, 1.54) is 18.3 Å². The number of carboxylic acids is 1. The summed E-state index contributed by atoms with van der Waals surface area (Å²) in [5.41, 5.74) is 0.569. The zero-order valence-corrected chi connectivity index (χ0v) is 11.3. The number of nitrogens with zero attached hydrogens (tertiary/aromatic N) is 1. The molecular weight excluding hydrogens is 278 g/mol. The molecule has 1 N–H and O–H groups in total. The predicted octanol–water partition coefficient (Wildman–Crippen LogP) is 1.55. The summed E-state index contributed by atoms with van der Waals surface area (Å²) >= 11 is 0. The maximum atomic E-state index is 12.4. The third-order valence-corrected chi connectivity index (χ3v) is 4.91. The molecule has 1 atom stereocenters. The highest BCUT2D eigenvalue weighted by atomic mass is 32.2. The van der Waals surface area contributed by atoms with Crippen LogP contribution in [0.25, 0.3) is 0 Å². The quantitative estimate of drug-likeness (QED) is 0.903. The summed E-state index contributed by atoms with van der Waals surface area (Å²) in [6.07, 6.45) is 2.90. The molecule has 0 radical (unpaired) electrons. The first kappa shape index (κ1) is 14.2. The van der Waals surface area contributed by atoms with Gasteiger partial charge in [-0.1, -0.05) is 24.3 Å². The molecule has 1 unspecified atom stereocenters. The normalized spacial score (nSPS) is 12.8. The number of pyridine rings is 1. The summed E-state index contributed by atoms with van der Waals surface area (Å²) in [4.78, 5) is 15.2. The van der Waals surface area contributed by atoms with Crippen LogP contribution in [0, 0.1) is 0 Å². The number of rotatable bonds is 5. The number of carboxylic acid groups (broad SMARTS) is 1. The monoisotopic (exact) mass is 291 g/mol. The number of carbonyl (C=O) groups is 1. The lowest BCUT2D eigenvalue weighted by Gasteiger charge is -2.13. The highest BCUT2D eigenvalue weighted by molar-refractivity contribution is 7.92. The number of hydrogen-bond donors (Lipinski definition) is 1. The van der Waals surface area contributed by atoms with E-state index in [4.69, 9.17) is 0 Å². The summed E-state index contributed by atoms with van der Waals surface area (Å²) in [6, 6.07) is 10.9. The summed E-state index contributed by atoms with van der Waals surface area (Å²) in [7, 11) is -3.93. The van der Waals surface area contributed by atoms with Gasteiger partial charge in [-0.15, -0.1) is 0 Å². The van der Waals surface area contributed by atoms with Gasteiger partial charge in [0.05, 0.1) is 4.90 Å². The molecule has 0 fully saturated rings. The molecule has 0 aliphatic carbocycles. The Bertz CT molecular complexity index is 684. The third-order valence-electron chi connectivity index (χ3n) is 2.87. The van der Waals surface area contributed by atoms with Crippen LogP contribution in [0.4, 0.5) is 0 Å². The Morgan fingerprint density at radius 2 is 1.85 bits per heavy atom. The van der Waals surface area contributed by atoms with Crippen molar-refractivity contribution in [1.29, 1.82) is 0 Å². The van der Waals surface area contributed by atoms with Crippen LogP contribution in [0.1, 0.15) is 5.56 Å². The van der Waals surface area contributed by atoms with Gasteiger partial charge in [-0.3, -0.25) is 9.78 Å². The van der Waals surface area contributed by atoms with Gasteiger partial charge in [0, 0.05) is 18.8 Å². The third kappa shape index (κ3) is 3.03. The molecule has 0 spiro atoms. The van der Waals surface area contributed by atoms with Gasteiger partial charge in [-0.25, -0.2) is 8.42 Å². The second kappa shape index (κ2) is 5.83. The maximum absolute atomic E-state index is 12.4. The lowest BCUT2D eigenvalue weighted by molar-refractivity contribution is -0.136. The van der Waals surface area contributed by atoms with Crippen LogP contribution in [-0.4, -0.2) is 29.7 Å². The number of sulfone groups is 1. The molecule has 0 saturated heterocycles. The van der Waals surface area contributed by atoms with E-state index in [0.717, 1.165) is 0 Å². The highest BCUT2D eigenvalue weighted by Crippen LogP contribution is 2.19. The molecule has 2 rings (SSSR count). The molecule has 104 valence electrons. The van der Waals surface area contributed by atoms with Crippen LogP contribution in [0.3, 0.4) is 0 Å². The van der Waals surface area contributed by atoms with Gasteiger partial charge in [0.15, 0.2) is 15.1 Å². The van der Waals surface area contributed by atoms with E-state index in [0.29, 0.717) is 5.56 Å². The summed E-state index contributed by atoms with van der Waals surface area (Å²) in [5, 5.41) is 7.71. The number of hydrogen-bond acceptors (Lipinski definition) is 4. The molecule has 1 aromatic carbocycles. The fourth-order valence-electron chi connectivity index (χ4n) is 1.84. The lowest BCUT2D eigenvalue weighted by atomic mass is 10.1. The van der Waals surface area contributed by atoms with Gasteiger partial charge in [0.1, 0.15) is 0 Å². The molecule has 0 aliphatic rings. The minimum Gasteiger partial charge on any atom is -0.480 e. The first-order valence-corrected chi connectivity index (χ1v) is 7.47. The molecule has 1 heterocycles. The van der Waals surface area contributed by atoms with E-state index in [2.05, 4.69) is 4.98 Å². The highest BCUT2D eigenvalue weighted by Gasteiger charge is 2.34. The molecule has 0 amide bonds. The van der Waals surface area contributed by atoms with E-state index >= 15 is 0 Å². The van der Waals surface area contributed by atoms with Crippen molar-refractivity contribution in [3.05, 3.63) is 60.4 Å². The van der Waals surface area contributed by atoms with Gasteiger partial charge in [0.2, 0.25) is 0 Å². The first-order chi connectivity index (χ1) is 9.51. The smallest absolute Gasteiger partial charge is 0.322 e. The zero-order valence-electron chi connectivity index (χ0n) is 10.5. The van der Waals surface area contributed by atoms with Crippen molar-refractivity contribution < 1.29 is 18.3 Å². The summed E-state index contributed by atoms with van der Waals surface area (Å²) < 4.78 is 24.8. The lowest BCUT2D eigenvalue weighted by Crippen LogP contribution is -2.32. The molecule has 2 aromatic rings. The van der Waals surface area contributed by atoms with E-state index in [1.54, 1.807) is 36.5 Å². The minimum atomic E-state index is -3.93. The number of aromatic nitrogens is 1. The molecule has 1 aromatic heterocycles. The largest absolute Gasteiger partial charge is 0.480 e. The second-order valence-electron chi connectivity index (χ2n) is 4.25. The van der Waals surface area contributed by atoms with Crippen molar-refractivity contribution in [2.75, 3.05) is 0 Å². The van der Waals surface area contributed by atoms with Crippen molar-refractivity contribution in [2.24, 2.45) is 0 Å². The predicted molar refractivity (Wildman–Crippen MR) is 73.0 cm³/mol. The fraction of sp³-hybridized carbons (Fsp3) is 0.143. The Labute approximate surface area is 116 Å². The summed E-state index contributed by atoms with van der Waals surface area (Å²) in [6.45, 7) is 0. The maximum Gasteiger partial charge on any atom is 0.322 e. The van der Waals surface area contributed by atoms with Crippen LogP contribution in [-0.2, 0) is 21.1 Å². The topological polar surface area (TPSA) is 84.3 Å². The SMILES string of the molecule is O=C(O)C(Cc1cccnc1)S(=O)(=O)c1ccccc1. The molecule has 6 heteroatoms. The van der Waals surface area contributed by atoms with Gasteiger partial charge in [-0.2, -0.15) is 0 Å². The van der Waals surface area contributed by atoms with Gasteiger partial charge in [-0.05, 0) is 23.8 Å². The Hall–Kier alpha value is -2.21. The molecular formula is C14H13NO4S. The van der Waals surface area contributed by atoms with Gasteiger partial charge >= 0.3 is 5.97 Å². The van der Waals surface area contributed by atoms with Crippen LogP contribution in [0.2, 0.25) is 0 Å². The van der Waals surface area contributed by atoms with Crippen molar-refractivity contribution in [3.8, 4) is 0 Å². The Kier molecular flexibility index (Phi) is 4.14. The zero-order chi connectivity index (χ0) is 14.6. The standard InChI is InChI=1S/C14H13NO4S/c16-14(17)13(9-11-5-4-8-15-10-11)20(18,19)12-6-2-1-3-7-12/h1-8,10,13H,9H2,(H,16,17). The molecule has 5 nitrogen and oxygen atoms in total. The van der Waals surface area contributed by atoms with Crippen LogP contribution >= 0.6 is 0 Å². The Morgan fingerprint density at radius 3 is 2.40 bits per heavy atom. The average Bonchev–Trinajstić information content (AvgIpc) is 2.46. The summed E-state index contributed by atoms with van der Waals surface area (Å²) in [5.74, 6) is -1.36. The molecule has 20 heavy (non-hydrogen) atoms. The van der Waals surface area contributed by atoms with E-state index in [-0.39, 0.29) is 11.3 Å². The van der Waals surface area contributed by atoms with E-state index in [9.17, 15) is 18.3 Å². The van der Waals surface area contributed by atoms with Crippen LogP contribution < -0.4 is 0 Å². The van der Waals surface area contributed by atoms with Crippen molar-refractivity contribution in [3.63, 3.8) is 0 Å². The Balaban J connectivity index is 2.37. The molecule has 0 saturated carbocycles. The number of benzene rings is 1. The molecule has 0 bridgehead atoms. The van der Waals surface area contributed by atoms with Gasteiger partial charge < -0.3 is 5.11 Å². The van der Waals surface area contributed by atoms with Crippen molar-refractivity contribution >= 4 is 15.8 Å². The number of aliphatic carboxylic acids is 1.